The number of hydrogen-bond donors (Lipinski definition) is 1. The van der Waals surface area contributed by atoms with Gasteiger partial charge in [-0.2, -0.15) is 0 Å². The van der Waals surface area contributed by atoms with Crippen LogP contribution in [0.1, 0.15) is 30.4 Å². The molecule has 1 heterocycles. The van der Waals surface area contributed by atoms with Crippen molar-refractivity contribution in [3.63, 3.8) is 0 Å². The zero-order valence-corrected chi connectivity index (χ0v) is 19.6. The number of carbonyl (C=O) groups excluding carboxylic acids is 1. The molecule has 33 heavy (non-hydrogen) atoms. The summed E-state index contributed by atoms with van der Waals surface area (Å²) in [6.45, 7) is 3.56. The van der Waals surface area contributed by atoms with Crippen molar-refractivity contribution < 1.29 is 14.0 Å². The van der Waals surface area contributed by atoms with E-state index in [0.29, 0.717) is 0 Å². The summed E-state index contributed by atoms with van der Waals surface area (Å²) in [4.78, 5) is 12.4. The number of nitrogens with one attached hydrogen (secondary N) is 1. The molecule has 4 rings (SSSR count). The maximum Gasteiger partial charge on any atom is 0.248 e. The van der Waals surface area contributed by atoms with Gasteiger partial charge in [0.1, 0.15) is 12.3 Å². The number of piperidine rings is 1. The van der Waals surface area contributed by atoms with Crippen LogP contribution in [-0.4, -0.2) is 37.6 Å². The Morgan fingerprint density at radius 3 is 2.36 bits per heavy atom. The summed E-state index contributed by atoms with van der Waals surface area (Å²) in [6, 6.07) is 24.4. The Bertz CT molecular complexity index is 1100. The van der Waals surface area contributed by atoms with Crippen molar-refractivity contribution in [1.29, 1.82) is 0 Å². The fraction of sp³-hybridized carbons (Fsp3) is 0.276. The Balaban J connectivity index is 1.35. The second-order valence-corrected chi connectivity index (χ2v) is 9.16. The van der Waals surface area contributed by atoms with Crippen LogP contribution in [0.25, 0.3) is 17.2 Å². The lowest BCUT2D eigenvalue weighted by Gasteiger charge is -2.37. The molecule has 3 aromatic rings. The smallest absolute Gasteiger partial charge is 0.248 e. The van der Waals surface area contributed by atoms with Crippen LogP contribution in [0, 0.1) is 0 Å². The molecule has 3 aromatic carbocycles. The average Bonchev–Trinajstić information content (AvgIpc) is 2.84. The van der Waals surface area contributed by atoms with E-state index < -0.39 is 0 Å². The third kappa shape index (κ3) is 6.33. The number of rotatable bonds is 7. The molecule has 4 heteroatoms. The topological polar surface area (TPSA) is 38.3 Å². The molecular formula is C29H33N2O2+. The molecule has 0 spiro atoms. The zero-order chi connectivity index (χ0) is 23.1. The number of benzene rings is 3. The number of anilines is 1. The number of hydrogen-bond acceptors (Lipinski definition) is 2. The molecular weight excluding hydrogens is 408 g/mol. The van der Waals surface area contributed by atoms with E-state index >= 15 is 0 Å². The Kier molecular flexibility index (Phi) is 7.26. The molecule has 4 nitrogen and oxygen atoms in total. The molecule has 1 aliphatic rings. The van der Waals surface area contributed by atoms with Gasteiger partial charge in [-0.15, -0.1) is 0 Å². The van der Waals surface area contributed by atoms with Gasteiger partial charge in [0.25, 0.3) is 0 Å². The number of carbonyl (C=O) groups is 1. The number of amides is 1. The summed E-state index contributed by atoms with van der Waals surface area (Å²) >= 11 is 0. The van der Waals surface area contributed by atoms with Gasteiger partial charge in [0, 0.05) is 17.3 Å². The Morgan fingerprint density at radius 1 is 0.939 bits per heavy atom. The number of quaternary nitrogens is 1. The van der Waals surface area contributed by atoms with E-state index in [4.69, 9.17) is 4.74 Å². The molecule has 0 bridgehead atoms. The van der Waals surface area contributed by atoms with Gasteiger partial charge < -0.3 is 14.5 Å². The molecule has 1 amide bonds. The van der Waals surface area contributed by atoms with Crippen molar-refractivity contribution in [3.8, 4) is 16.9 Å². The average molecular weight is 442 g/mol. The normalized spacial score (nSPS) is 15.3. The summed E-state index contributed by atoms with van der Waals surface area (Å²) in [5, 5.41) is 2.97. The van der Waals surface area contributed by atoms with Crippen molar-refractivity contribution >= 4 is 17.7 Å². The third-order valence-corrected chi connectivity index (χ3v) is 6.42. The van der Waals surface area contributed by atoms with Crippen LogP contribution >= 0.6 is 0 Å². The number of likely N-dealkylation sites (tertiary alicyclic amines) is 1. The molecule has 0 atom stereocenters. The summed E-state index contributed by atoms with van der Waals surface area (Å²) in [5.41, 5.74) is 5.33. The summed E-state index contributed by atoms with van der Waals surface area (Å²) in [6.07, 6.45) is 7.43. The molecule has 1 aliphatic heterocycles. The standard InChI is InChI=1S/C29H32N2O2/c1-31(19-4-3-5-20-31)22-24-9-14-27(15-10-24)30-29(32)18-11-23-7-6-8-26(21-23)25-12-16-28(33-2)17-13-25/h6-18,21H,3-5,19-20,22H2,1-2H3/p+1. The minimum atomic E-state index is -0.132. The molecule has 0 unspecified atom stereocenters. The second kappa shape index (κ2) is 10.5. The first-order valence-electron chi connectivity index (χ1n) is 11.7. The van der Waals surface area contributed by atoms with Crippen molar-refractivity contribution in [1.82, 2.24) is 0 Å². The van der Waals surface area contributed by atoms with E-state index in [9.17, 15) is 4.79 Å². The van der Waals surface area contributed by atoms with Crippen LogP contribution in [0.3, 0.4) is 0 Å². The van der Waals surface area contributed by atoms with Crippen molar-refractivity contribution in [2.45, 2.75) is 25.8 Å². The van der Waals surface area contributed by atoms with Crippen LogP contribution < -0.4 is 10.1 Å². The first kappa shape index (κ1) is 22.8. The van der Waals surface area contributed by atoms with Crippen LogP contribution in [-0.2, 0) is 11.3 Å². The first-order valence-corrected chi connectivity index (χ1v) is 11.7. The van der Waals surface area contributed by atoms with Gasteiger partial charge in [-0.05, 0) is 72.4 Å². The minimum Gasteiger partial charge on any atom is -0.497 e. The van der Waals surface area contributed by atoms with E-state index in [2.05, 4.69) is 36.6 Å². The first-order chi connectivity index (χ1) is 16.0. The van der Waals surface area contributed by atoms with Crippen LogP contribution in [0.2, 0.25) is 0 Å². The van der Waals surface area contributed by atoms with Gasteiger partial charge in [0.15, 0.2) is 0 Å². The highest BCUT2D eigenvalue weighted by atomic mass is 16.5. The van der Waals surface area contributed by atoms with Gasteiger partial charge >= 0.3 is 0 Å². The van der Waals surface area contributed by atoms with E-state index in [1.807, 2.05) is 54.6 Å². The van der Waals surface area contributed by atoms with Crippen LogP contribution in [0.15, 0.2) is 78.9 Å². The number of ether oxygens (including phenoxy) is 1. The summed E-state index contributed by atoms with van der Waals surface area (Å²) < 4.78 is 6.35. The maximum absolute atomic E-state index is 12.4. The third-order valence-electron chi connectivity index (χ3n) is 6.42. The molecule has 0 aliphatic carbocycles. The highest BCUT2D eigenvalue weighted by Crippen LogP contribution is 2.24. The quantitative estimate of drug-likeness (QED) is 0.353. The van der Waals surface area contributed by atoms with Gasteiger partial charge in [-0.25, -0.2) is 0 Å². The van der Waals surface area contributed by atoms with Crippen LogP contribution in [0.4, 0.5) is 5.69 Å². The molecule has 170 valence electrons. The predicted octanol–water partition coefficient (Wildman–Crippen LogP) is 6.14. The highest BCUT2D eigenvalue weighted by molar-refractivity contribution is 6.02. The van der Waals surface area contributed by atoms with E-state index in [0.717, 1.165) is 39.2 Å². The Labute approximate surface area is 197 Å². The number of nitrogens with zero attached hydrogens (tertiary/aromatic N) is 1. The monoisotopic (exact) mass is 441 g/mol. The summed E-state index contributed by atoms with van der Waals surface area (Å²) in [5.74, 6) is 0.703. The molecule has 0 radical (unpaired) electrons. The van der Waals surface area contributed by atoms with Crippen molar-refractivity contribution in [2.75, 3.05) is 32.6 Å². The zero-order valence-electron chi connectivity index (χ0n) is 19.6. The molecule has 0 aromatic heterocycles. The maximum atomic E-state index is 12.4. The minimum absolute atomic E-state index is 0.132. The lowest BCUT2D eigenvalue weighted by Crippen LogP contribution is -2.46. The molecule has 0 saturated carbocycles. The van der Waals surface area contributed by atoms with E-state index in [1.165, 1.54) is 37.9 Å². The molecule has 1 fully saturated rings. The Hall–Kier alpha value is -3.37. The fourth-order valence-corrected chi connectivity index (χ4v) is 4.53. The largest absolute Gasteiger partial charge is 0.497 e. The molecule has 1 saturated heterocycles. The highest BCUT2D eigenvalue weighted by Gasteiger charge is 2.24. The van der Waals surface area contributed by atoms with E-state index in [1.54, 1.807) is 13.2 Å². The van der Waals surface area contributed by atoms with Gasteiger partial charge in [-0.1, -0.05) is 42.5 Å². The Morgan fingerprint density at radius 2 is 1.67 bits per heavy atom. The lowest BCUT2D eigenvalue weighted by molar-refractivity contribution is -0.926. The predicted molar refractivity (Wildman–Crippen MR) is 136 cm³/mol. The SMILES string of the molecule is COc1ccc(-c2cccc(C=CC(=O)Nc3ccc(C[N+]4(C)CCCCC4)cc3)c2)cc1. The molecule has 1 N–H and O–H groups in total. The lowest BCUT2D eigenvalue weighted by atomic mass is 10.0. The number of methoxy groups -OCH3 is 1. The summed E-state index contributed by atoms with van der Waals surface area (Å²) in [7, 11) is 4.01. The van der Waals surface area contributed by atoms with Crippen molar-refractivity contribution in [3.05, 3.63) is 90.0 Å². The van der Waals surface area contributed by atoms with E-state index in [-0.39, 0.29) is 5.91 Å². The second-order valence-electron chi connectivity index (χ2n) is 9.16. The van der Waals surface area contributed by atoms with Gasteiger partial charge in [0.2, 0.25) is 5.91 Å². The van der Waals surface area contributed by atoms with Crippen molar-refractivity contribution in [2.24, 2.45) is 0 Å². The van der Waals surface area contributed by atoms with Crippen LogP contribution in [0.5, 0.6) is 5.75 Å². The van der Waals surface area contributed by atoms with Gasteiger partial charge in [-0.3, -0.25) is 4.79 Å². The van der Waals surface area contributed by atoms with Gasteiger partial charge in [0.05, 0.1) is 27.2 Å². The fourth-order valence-electron chi connectivity index (χ4n) is 4.53.